The van der Waals surface area contributed by atoms with Crippen LogP contribution in [0.25, 0.3) is 0 Å². The molecule has 0 amide bonds. The smallest absolute Gasteiger partial charge is 0.0527 e. The van der Waals surface area contributed by atoms with E-state index in [1.165, 1.54) is 24.0 Å². The highest BCUT2D eigenvalue weighted by molar-refractivity contribution is 5.31. The van der Waals surface area contributed by atoms with E-state index in [-0.39, 0.29) is 0 Å². The van der Waals surface area contributed by atoms with Crippen molar-refractivity contribution in [3.8, 4) is 0 Å². The van der Waals surface area contributed by atoms with Crippen molar-refractivity contribution in [1.82, 2.24) is 15.1 Å². The Kier molecular flexibility index (Phi) is 3.65. The van der Waals surface area contributed by atoms with Gasteiger partial charge >= 0.3 is 0 Å². The topological polar surface area (TPSA) is 29.9 Å². The van der Waals surface area contributed by atoms with Crippen molar-refractivity contribution in [1.29, 1.82) is 0 Å². The van der Waals surface area contributed by atoms with Gasteiger partial charge in [0.2, 0.25) is 0 Å². The first-order valence-corrected chi connectivity index (χ1v) is 7.09. The summed E-state index contributed by atoms with van der Waals surface area (Å²) in [6.45, 7) is 2.27. The number of hydrogen-bond acceptors (Lipinski definition) is 2. The second-order valence-electron chi connectivity index (χ2n) is 5.42. The Morgan fingerprint density at radius 3 is 2.53 bits per heavy atom. The number of hydrogen-bond donors (Lipinski definition) is 1. The number of nitrogens with one attached hydrogen (secondary N) is 1. The van der Waals surface area contributed by atoms with Crippen molar-refractivity contribution in [2.75, 3.05) is 13.1 Å². The van der Waals surface area contributed by atoms with Gasteiger partial charge in [0.05, 0.1) is 6.20 Å². The number of rotatable bonds is 3. The lowest BCUT2D eigenvalue weighted by atomic mass is 9.77. The minimum atomic E-state index is 0.483. The summed E-state index contributed by atoms with van der Waals surface area (Å²) in [5.74, 6) is 1.20. The molecule has 19 heavy (non-hydrogen) atoms. The molecule has 2 heterocycles. The molecule has 3 heteroatoms. The molecule has 1 aromatic carbocycles. The second-order valence-corrected chi connectivity index (χ2v) is 5.42. The fraction of sp³-hybridized carbons (Fsp3) is 0.438. The van der Waals surface area contributed by atoms with Gasteiger partial charge in [-0.2, -0.15) is 5.10 Å². The summed E-state index contributed by atoms with van der Waals surface area (Å²) in [4.78, 5) is 0. The maximum absolute atomic E-state index is 4.36. The van der Waals surface area contributed by atoms with Crippen LogP contribution >= 0.6 is 0 Å². The molecule has 3 rings (SSSR count). The zero-order chi connectivity index (χ0) is 13.1. The van der Waals surface area contributed by atoms with Crippen LogP contribution in [-0.4, -0.2) is 22.9 Å². The van der Waals surface area contributed by atoms with Crippen molar-refractivity contribution in [2.24, 2.45) is 13.0 Å². The molecular formula is C16H21N3. The summed E-state index contributed by atoms with van der Waals surface area (Å²) < 4.78 is 1.91. The number of aryl methyl sites for hydroxylation is 1. The van der Waals surface area contributed by atoms with Crippen LogP contribution in [0.3, 0.4) is 0 Å². The molecule has 0 saturated carbocycles. The van der Waals surface area contributed by atoms with Crippen LogP contribution in [0.15, 0.2) is 42.7 Å². The molecule has 0 aliphatic carbocycles. The predicted octanol–water partition coefficient (Wildman–Crippen LogP) is 2.55. The molecule has 1 aliphatic heterocycles. The molecule has 1 N–H and O–H groups in total. The van der Waals surface area contributed by atoms with Gasteiger partial charge in [-0.3, -0.25) is 4.68 Å². The van der Waals surface area contributed by atoms with Crippen LogP contribution in [0.1, 0.15) is 29.9 Å². The van der Waals surface area contributed by atoms with Crippen LogP contribution < -0.4 is 5.32 Å². The molecule has 3 nitrogen and oxygen atoms in total. The van der Waals surface area contributed by atoms with Gasteiger partial charge in [0.25, 0.3) is 0 Å². The minimum Gasteiger partial charge on any atom is -0.317 e. The standard InChI is InChI=1S/C16H21N3/c1-19-12-15(11-18-19)16(13-5-3-2-4-6-13)14-7-9-17-10-8-14/h2-6,11-12,14,16-17H,7-10H2,1H3. The molecule has 0 bridgehead atoms. The van der Waals surface area contributed by atoms with Gasteiger partial charge in [-0.1, -0.05) is 30.3 Å². The van der Waals surface area contributed by atoms with Gasteiger partial charge < -0.3 is 5.32 Å². The monoisotopic (exact) mass is 255 g/mol. The third-order valence-electron chi connectivity index (χ3n) is 4.10. The molecule has 100 valence electrons. The number of nitrogens with zero attached hydrogens (tertiary/aromatic N) is 2. The van der Waals surface area contributed by atoms with Crippen LogP contribution in [0, 0.1) is 5.92 Å². The van der Waals surface area contributed by atoms with Gasteiger partial charge in [0.1, 0.15) is 0 Å². The Labute approximate surface area is 114 Å². The van der Waals surface area contributed by atoms with E-state index in [4.69, 9.17) is 0 Å². The lowest BCUT2D eigenvalue weighted by molar-refractivity contribution is 0.342. The Balaban J connectivity index is 1.95. The van der Waals surface area contributed by atoms with E-state index in [1.54, 1.807) is 0 Å². The third kappa shape index (κ3) is 2.71. The van der Waals surface area contributed by atoms with Gasteiger partial charge in [-0.05, 0) is 43.0 Å². The minimum absolute atomic E-state index is 0.483. The van der Waals surface area contributed by atoms with E-state index in [0.717, 1.165) is 13.1 Å². The summed E-state index contributed by atoms with van der Waals surface area (Å²) >= 11 is 0. The van der Waals surface area contributed by atoms with Crippen molar-refractivity contribution < 1.29 is 0 Å². The Bertz CT molecular complexity index is 512. The fourth-order valence-electron chi connectivity index (χ4n) is 3.18. The summed E-state index contributed by atoms with van der Waals surface area (Å²) in [5, 5.41) is 7.82. The van der Waals surface area contributed by atoms with Crippen LogP contribution in [0.4, 0.5) is 0 Å². The van der Waals surface area contributed by atoms with Crippen molar-refractivity contribution >= 4 is 0 Å². The summed E-state index contributed by atoms with van der Waals surface area (Å²) in [7, 11) is 1.99. The summed E-state index contributed by atoms with van der Waals surface area (Å²) in [6.07, 6.45) is 6.68. The quantitative estimate of drug-likeness (QED) is 0.913. The largest absolute Gasteiger partial charge is 0.317 e. The lowest BCUT2D eigenvalue weighted by Gasteiger charge is -2.30. The third-order valence-corrected chi connectivity index (χ3v) is 4.10. The Morgan fingerprint density at radius 1 is 1.16 bits per heavy atom. The van der Waals surface area contributed by atoms with Crippen molar-refractivity contribution in [3.63, 3.8) is 0 Å². The first-order chi connectivity index (χ1) is 9.34. The lowest BCUT2D eigenvalue weighted by Crippen LogP contribution is -2.31. The fourth-order valence-corrected chi connectivity index (χ4v) is 3.18. The molecule has 1 unspecified atom stereocenters. The van der Waals surface area contributed by atoms with E-state index in [1.807, 2.05) is 17.9 Å². The zero-order valence-electron chi connectivity index (χ0n) is 11.4. The average Bonchev–Trinajstić information content (AvgIpc) is 2.88. The Morgan fingerprint density at radius 2 is 1.89 bits per heavy atom. The van der Waals surface area contributed by atoms with Gasteiger partial charge in [-0.25, -0.2) is 0 Å². The number of piperidine rings is 1. The van der Waals surface area contributed by atoms with E-state index in [0.29, 0.717) is 11.8 Å². The van der Waals surface area contributed by atoms with Crippen molar-refractivity contribution in [2.45, 2.75) is 18.8 Å². The maximum atomic E-state index is 4.36. The van der Waals surface area contributed by atoms with Gasteiger partial charge in [0.15, 0.2) is 0 Å². The predicted molar refractivity (Wildman–Crippen MR) is 77.1 cm³/mol. The molecular weight excluding hydrogens is 234 g/mol. The van der Waals surface area contributed by atoms with Gasteiger partial charge in [0, 0.05) is 19.2 Å². The Hall–Kier alpha value is -1.61. The summed E-state index contributed by atoms with van der Waals surface area (Å²) in [5.41, 5.74) is 2.77. The van der Waals surface area contributed by atoms with E-state index in [9.17, 15) is 0 Å². The normalized spacial score (nSPS) is 18.4. The van der Waals surface area contributed by atoms with Crippen LogP contribution in [0.5, 0.6) is 0 Å². The van der Waals surface area contributed by atoms with E-state index in [2.05, 4.69) is 46.9 Å². The highest BCUT2D eigenvalue weighted by Gasteiger charge is 2.27. The second kappa shape index (κ2) is 5.57. The number of aromatic nitrogens is 2. The molecule has 0 spiro atoms. The average molecular weight is 255 g/mol. The molecule has 1 aliphatic rings. The summed E-state index contributed by atoms with van der Waals surface area (Å²) in [6, 6.07) is 10.9. The maximum Gasteiger partial charge on any atom is 0.0527 e. The molecule has 1 atom stereocenters. The first kappa shape index (κ1) is 12.4. The molecule has 2 aromatic rings. The molecule has 1 fully saturated rings. The van der Waals surface area contributed by atoms with E-state index < -0.39 is 0 Å². The van der Waals surface area contributed by atoms with E-state index >= 15 is 0 Å². The zero-order valence-corrected chi connectivity index (χ0v) is 11.4. The number of benzene rings is 1. The molecule has 1 saturated heterocycles. The molecule has 0 radical (unpaired) electrons. The van der Waals surface area contributed by atoms with Crippen molar-refractivity contribution in [3.05, 3.63) is 53.9 Å². The highest BCUT2D eigenvalue weighted by Crippen LogP contribution is 2.36. The highest BCUT2D eigenvalue weighted by atomic mass is 15.2. The first-order valence-electron chi connectivity index (χ1n) is 7.09. The van der Waals surface area contributed by atoms with Crippen LogP contribution in [-0.2, 0) is 7.05 Å². The molecule has 1 aromatic heterocycles. The van der Waals surface area contributed by atoms with Gasteiger partial charge in [-0.15, -0.1) is 0 Å². The SMILES string of the molecule is Cn1cc(C(c2ccccc2)C2CCNCC2)cn1. The van der Waals surface area contributed by atoms with Crippen LogP contribution in [0.2, 0.25) is 0 Å².